The smallest absolute Gasteiger partial charge is 0.224 e. The molecule has 0 unspecified atom stereocenters. The van der Waals surface area contributed by atoms with Crippen LogP contribution in [0.5, 0.6) is 0 Å². The Morgan fingerprint density at radius 1 is 0.667 bits per heavy atom. The Labute approximate surface area is 276 Å². The summed E-state index contributed by atoms with van der Waals surface area (Å²) < 4.78 is 0. The van der Waals surface area contributed by atoms with Crippen molar-refractivity contribution in [2.24, 2.45) is 0 Å². The molecular formula is C36H33ClN4O2S2. The highest BCUT2D eigenvalue weighted by molar-refractivity contribution is 7.14. The van der Waals surface area contributed by atoms with Gasteiger partial charge in [-0.25, -0.2) is 0 Å². The molecule has 45 heavy (non-hydrogen) atoms. The predicted molar refractivity (Wildman–Crippen MR) is 189 cm³/mol. The van der Waals surface area contributed by atoms with Crippen LogP contribution < -0.4 is 11.1 Å². The third-order valence-corrected chi connectivity index (χ3v) is 8.53. The third-order valence-electron chi connectivity index (χ3n) is 6.37. The number of nitrogen functional groups attached to an aromatic ring is 1. The Morgan fingerprint density at radius 2 is 1.16 bits per heavy atom. The number of nitrogens with one attached hydrogen (secondary N) is 1. The summed E-state index contributed by atoms with van der Waals surface area (Å²) in [6.07, 6.45) is 9.52. The molecule has 1 amide bonds. The number of benzene rings is 2. The van der Waals surface area contributed by atoms with Gasteiger partial charge in [0.25, 0.3) is 0 Å². The van der Waals surface area contributed by atoms with Gasteiger partial charge in [0.1, 0.15) is 0 Å². The maximum absolute atomic E-state index is 12.0. The van der Waals surface area contributed by atoms with Crippen LogP contribution in [0, 0.1) is 0 Å². The number of aromatic nitrogens is 2. The number of aryl methyl sites for hydroxylation is 2. The molecule has 228 valence electrons. The minimum absolute atomic E-state index is 0.0444. The molecule has 0 spiro atoms. The molecular weight excluding hydrogens is 620 g/mol. The number of hydrogen-bond donors (Lipinski definition) is 2. The van der Waals surface area contributed by atoms with Gasteiger partial charge in [-0.15, -0.1) is 22.7 Å². The lowest BCUT2D eigenvalue weighted by Crippen LogP contribution is -2.11. The van der Waals surface area contributed by atoms with Crippen molar-refractivity contribution in [1.82, 2.24) is 9.97 Å². The van der Waals surface area contributed by atoms with Gasteiger partial charge < -0.3 is 11.1 Å². The lowest BCUT2D eigenvalue weighted by atomic mass is 10.1. The topological polar surface area (TPSA) is 98.0 Å². The first-order valence-electron chi connectivity index (χ1n) is 14.3. The van der Waals surface area contributed by atoms with Gasteiger partial charge in [-0.05, 0) is 83.1 Å². The number of thiophene rings is 2. The maximum atomic E-state index is 12.0. The summed E-state index contributed by atoms with van der Waals surface area (Å²) in [7, 11) is 0. The second-order valence-corrected chi connectivity index (χ2v) is 12.0. The zero-order valence-corrected chi connectivity index (χ0v) is 26.9. The van der Waals surface area contributed by atoms with Crippen LogP contribution in [0.3, 0.4) is 0 Å². The first-order valence-corrected chi connectivity index (χ1v) is 16.4. The fraction of sp³-hybridized carbons (Fsp3) is 0.111. The van der Waals surface area contributed by atoms with Crippen molar-refractivity contribution in [3.8, 4) is 20.9 Å². The first-order chi connectivity index (χ1) is 22.0. The summed E-state index contributed by atoms with van der Waals surface area (Å²) >= 11 is 8.46. The molecule has 6 nitrogen and oxygen atoms in total. The van der Waals surface area contributed by atoms with Crippen molar-refractivity contribution in [2.45, 2.75) is 25.7 Å². The third kappa shape index (κ3) is 12.1. The van der Waals surface area contributed by atoms with Gasteiger partial charge in [-0.3, -0.25) is 19.6 Å². The van der Waals surface area contributed by atoms with Crippen LogP contribution in [0.1, 0.15) is 24.0 Å². The Bertz CT molecular complexity index is 1730. The van der Waals surface area contributed by atoms with Crippen LogP contribution in [0.4, 0.5) is 11.4 Å². The molecule has 3 N–H and O–H groups in total. The average molecular weight is 653 g/mol. The number of nitrogens with two attached hydrogens (primary N) is 1. The summed E-state index contributed by atoms with van der Waals surface area (Å²) in [6, 6.07) is 31.7. The minimum atomic E-state index is -0.270. The van der Waals surface area contributed by atoms with Crippen molar-refractivity contribution >= 4 is 56.8 Å². The standard InChI is InChI=1S/C18H16N2OS.C9H9ClO.C9H8N2S/c21-18(7-6-14-4-2-1-3-5-14)20-16-12-17(22-13-16)15-8-10-19-11-9-15;10-9(11)7-6-8-4-2-1-3-5-8;10-8-5-9(12-6-8)7-1-3-11-4-2-7/h1-5,8-13H,6-7H2,(H,20,21);1-5H,6-7H2;1-6H,10H2. The number of carbonyl (C=O) groups excluding carboxylic acids is 2. The summed E-state index contributed by atoms with van der Waals surface area (Å²) in [6.45, 7) is 0. The van der Waals surface area contributed by atoms with Gasteiger partial charge in [0, 0.05) is 63.8 Å². The van der Waals surface area contributed by atoms with E-state index in [0.29, 0.717) is 12.8 Å². The molecule has 0 aliphatic carbocycles. The fourth-order valence-electron chi connectivity index (χ4n) is 4.10. The van der Waals surface area contributed by atoms with E-state index in [4.69, 9.17) is 17.3 Å². The molecule has 0 aliphatic rings. The van der Waals surface area contributed by atoms with Crippen molar-refractivity contribution in [3.05, 3.63) is 144 Å². The first kappa shape index (κ1) is 33.3. The maximum Gasteiger partial charge on any atom is 0.224 e. The zero-order chi connectivity index (χ0) is 31.7. The van der Waals surface area contributed by atoms with E-state index in [0.717, 1.165) is 40.2 Å². The van der Waals surface area contributed by atoms with Crippen molar-refractivity contribution in [2.75, 3.05) is 11.1 Å². The zero-order valence-electron chi connectivity index (χ0n) is 24.5. The number of carbonyl (C=O) groups is 2. The summed E-state index contributed by atoms with van der Waals surface area (Å²) in [5.74, 6) is 0.0444. The Morgan fingerprint density at radius 3 is 1.64 bits per heavy atom. The van der Waals surface area contributed by atoms with Crippen LogP contribution >= 0.6 is 34.3 Å². The van der Waals surface area contributed by atoms with Gasteiger partial charge in [-0.1, -0.05) is 60.7 Å². The van der Waals surface area contributed by atoms with E-state index in [1.807, 2.05) is 108 Å². The molecule has 0 saturated carbocycles. The summed E-state index contributed by atoms with van der Waals surface area (Å²) in [4.78, 5) is 32.7. The van der Waals surface area contributed by atoms with Crippen LogP contribution in [0.15, 0.2) is 133 Å². The van der Waals surface area contributed by atoms with E-state index < -0.39 is 0 Å². The van der Waals surface area contributed by atoms with Crippen molar-refractivity contribution in [3.63, 3.8) is 0 Å². The van der Waals surface area contributed by atoms with Gasteiger partial charge in [-0.2, -0.15) is 0 Å². The summed E-state index contributed by atoms with van der Waals surface area (Å²) in [5, 5.41) is 6.60. The molecule has 4 aromatic heterocycles. The Hall–Kier alpha value is -4.63. The highest BCUT2D eigenvalue weighted by Gasteiger charge is 2.07. The number of nitrogens with zero attached hydrogens (tertiary/aromatic N) is 2. The van der Waals surface area contributed by atoms with Crippen molar-refractivity contribution in [1.29, 1.82) is 0 Å². The highest BCUT2D eigenvalue weighted by atomic mass is 35.5. The molecule has 6 rings (SSSR count). The molecule has 9 heteroatoms. The molecule has 0 atom stereocenters. The molecule has 0 radical (unpaired) electrons. The fourth-order valence-corrected chi connectivity index (χ4v) is 5.85. The Kier molecular flexibility index (Phi) is 13.5. The van der Waals surface area contributed by atoms with Gasteiger partial charge in [0.2, 0.25) is 11.1 Å². The minimum Gasteiger partial charge on any atom is -0.398 e. The van der Waals surface area contributed by atoms with Crippen LogP contribution in [0.2, 0.25) is 0 Å². The molecule has 6 aromatic rings. The SMILES string of the molecule is Nc1csc(-c2ccncc2)c1.O=C(CCc1ccccc1)Nc1csc(-c2ccncc2)c1.O=C(Cl)CCc1ccccc1. The Balaban J connectivity index is 0.000000169. The number of anilines is 2. The molecule has 0 fully saturated rings. The number of amides is 1. The normalized spacial score (nSPS) is 10.1. The average Bonchev–Trinajstić information content (AvgIpc) is 3.74. The lowest BCUT2D eigenvalue weighted by Gasteiger charge is -2.03. The summed E-state index contributed by atoms with van der Waals surface area (Å²) in [5.41, 5.74) is 11.9. The number of halogens is 1. The van der Waals surface area contributed by atoms with Crippen LogP contribution in [-0.2, 0) is 22.4 Å². The van der Waals surface area contributed by atoms with Gasteiger partial charge >= 0.3 is 0 Å². The second kappa shape index (κ2) is 18.2. The molecule has 0 saturated heterocycles. The quantitative estimate of drug-likeness (QED) is 0.152. The lowest BCUT2D eigenvalue weighted by molar-refractivity contribution is -0.116. The number of rotatable bonds is 9. The van der Waals surface area contributed by atoms with Crippen LogP contribution in [-0.4, -0.2) is 21.1 Å². The van der Waals surface area contributed by atoms with E-state index in [9.17, 15) is 9.59 Å². The second-order valence-electron chi connectivity index (χ2n) is 9.79. The van der Waals surface area contributed by atoms with Crippen molar-refractivity contribution < 1.29 is 9.59 Å². The largest absolute Gasteiger partial charge is 0.398 e. The highest BCUT2D eigenvalue weighted by Crippen LogP contribution is 2.29. The van der Waals surface area contributed by atoms with E-state index in [2.05, 4.69) is 15.3 Å². The van der Waals surface area contributed by atoms with Crippen LogP contribution in [0.25, 0.3) is 20.9 Å². The molecule has 0 bridgehead atoms. The monoisotopic (exact) mass is 652 g/mol. The number of hydrogen-bond acceptors (Lipinski definition) is 7. The predicted octanol–water partition coefficient (Wildman–Crippen LogP) is 9.16. The molecule has 4 heterocycles. The van der Waals surface area contributed by atoms with Gasteiger partial charge in [0.15, 0.2) is 0 Å². The van der Waals surface area contributed by atoms with E-state index in [1.54, 1.807) is 47.5 Å². The number of pyridine rings is 2. The van der Waals surface area contributed by atoms with E-state index >= 15 is 0 Å². The van der Waals surface area contributed by atoms with Gasteiger partial charge in [0.05, 0.1) is 5.69 Å². The van der Waals surface area contributed by atoms with E-state index in [1.165, 1.54) is 16.0 Å². The molecule has 2 aromatic carbocycles. The van der Waals surface area contributed by atoms with E-state index in [-0.39, 0.29) is 11.1 Å². The molecule has 0 aliphatic heterocycles.